The summed E-state index contributed by atoms with van der Waals surface area (Å²) in [6, 6.07) is 4.35. The number of hydrogen-bond donors (Lipinski definition) is 1. The molecular weight excluding hydrogens is 216 g/mol. The summed E-state index contributed by atoms with van der Waals surface area (Å²) in [5, 5.41) is 2.15. The lowest BCUT2D eigenvalue weighted by Gasteiger charge is -2.38. The molecule has 3 heteroatoms. The highest BCUT2D eigenvalue weighted by Crippen LogP contribution is 2.42. The average molecular weight is 238 g/mol. The van der Waals surface area contributed by atoms with Crippen LogP contribution in [0.25, 0.3) is 0 Å². The van der Waals surface area contributed by atoms with Crippen LogP contribution in [-0.2, 0) is 6.42 Å². The van der Waals surface area contributed by atoms with E-state index in [4.69, 9.17) is 5.73 Å². The van der Waals surface area contributed by atoms with Gasteiger partial charge in [-0.15, -0.1) is 11.3 Å². The molecule has 1 aliphatic carbocycles. The quantitative estimate of drug-likeness (QED) is 0.824. The number of thiophene rings is 1. The van der Waals surface area contributed by atoms with Crippen LogP contribution >= 0.6 is 11.3 Å². The zero-order chi connectivity index (χ0) is 11.6. The molecule has 1 atom stereocenters. The van der Waals surface area contributed by atoms with Crippen molar-refractivity contribution in [3.8, 4) is 0 Å². The lowest BCUT2D eigenvalue weighted by atomic mass is 9.94. The predicted octanol–water partition coefficient (Wildman–Crippen LogP) is 2.35. The van der Waals surface area contributed by atoms with Crippen LogP contribution in [0.5, 0.6) is 0 Å². The molecule has 1 saturated carbocycles. The maximum absolute atomic E-state index is 5.96. The number of nitrogens with zero attached hydrogens (tertiary/aromatic N) is 1. The van der Waals surface area contributed by atoms with Gasteiger partial charge in [0.1, 0.15) is 0 Å². The Balaban J connectivity index is 1.88. The van der Waals surface area contributed by atoms with Crippen molar-refractivity contribution in [1.29, 1.82) is 0 Å². The fourth-order valence-corrected chi connectivity index (χ4v) is 3.03. The molecule has 1 aromatic rings. The highest BCUT2D eigenvalue weighted by molar-refractivity contribution is 7.09. The van der Waals surface area contributed by atoms with Crippen LogP contribution in [0.1, 0.15) is 24.6 Å². The molecule has 1 unspecified atom stereocenters. The molecule has 0 aliphatic heterocycles. The molecule has 2 nitrogen and oxygen atoms in total. The minimum absolute atomic E-state index is 0.220. The van der Waals surface area contributed by atoms with E-state index in [1.807, 2.05) is 11.3 Å². The number of hydrogen-bond acceptors (Lipinski definition) is 3. The molecule has 1 aliphatic rings. The SMILES string of the molecule is CN(CCc1cccs1)C(C)(CN)C1CC1. The Kier molecular flexibility index (Phi) is 3.67. The third-order valence-electron chi connectivity index (χ3n) is 4.02. The molecule has 0 saturated heterocycles. The smallest absolute Gasteiger partial charge is 0.0328 e. The van der Waals surface area contributed by atoms with Gasteiger partial charge in [0.25, 0.3) is 0 Å². The number of rotatable bonds is 6. The largest absolute Gasteiger partial charge is 0.329 e. The van der Waals surface area contributed by atoms with E-state index < -0.39 is 0 Å². The lowest BCUT2D eigenvalue weighted by molar-refractivity contribution is 0.122. The van der Waals surface area contributed by atoms with Gasteiger partial charge in [0.05, 0.1) is 0 Å². The zero-order valence-corrected chi connectivity index (χ0v) is 11.1. The van der Waals surface area contributed by atoms with Crippen molar-refractivity contribution in [3.63, 3.8) is 0 Å². The molecule has 0 amide bonds. The van der Waals surface area contributed by atoms with Crippen molar-refractivity contribution in [1.82, 2.24) is 4.90 Å². The van der Waals surface area contributed by atoms with Crippen molar-refractivity contribution in [3.05, 3.63) is 22.4 Å². The van der Waals surface area contributed by atoms with Crippen molar-refractivity contribution in [2.24, 2.45) is 11.7 Å². The van der Waals surface area contributed by atoms with Crippen LogP contribution in [0, 0.1) is 5.92 Å². The fraction of sp³-hybridized carbons (Fsp3) is 0.692. The van der Waals surface area contributed by atoms with Crippen LogP contribution in [0.4, 0.5) is 0 Å². The second-order valence-corrected chi connectivity index (χ2v) is 6.12. The van der Waals surface area contributed by atoms with Crippen LogP contribution < -0.4 is 5.73 Å². The predicted molar refractivity (Wildman–Crippen MR) is 70.8 cm³/mol. The van der Waals surface area contributed by atoms with Gasteiger partial charge in [-0.05, 0) is 50.6 Å². The number of likely N-dealkylation sites (N-methyl/N-ethyl adjacent to an activating group) is 1. The third kappa shape index (κ3) is 2.47. The zero-order valence-electron chi connectivity index (χ0n) is 10.3. The topological polar surface area (TPSA) is 29.3 Å². The van der Waals surface area contributed by atoms with Gasteiger partial charge in [0.15, 0.2) is 0 Å². The average Bonchev–Trinajstić information content (AvgIpc) is 3.03. The van der Waals surface area contributed by atoms with E-state index in [9.17, 15) is 0 Å². The van der Waals surface area contributed by atoms with Crippen molar-refractivity contribution in [2.75, 3.05) is 20.1 Å². The van der Waals surface area contributed by atoms with E-state index in [1.165, 1.54) is 17.7 Å². The Morgan fingerprint density at radius 1 is 1.56 bits per heavy atom. The molecule has 2 rings (SSSR count). The van der Waals surface area contributed by atoms with E-state index in [2.05, 4.69) is 36.4 Å². The van der Waals surface area contributed by atoms with Crippen LogP contribution in [-0.4, -0.2) is 30.6 Å². The minimum Gasteiger partial charge on any atom is -0.329 e. The monoisotopic (exact) mass is 238 g/mol. The summed E-state index contributed by atoms with van der Waals surface area (Å²) in [7, 11) is 2.22. The molecule has 0 radical (unpaired) electrons. The first-order valence-electron chi connectivity index (χ1n) is 6.10. The molecule has 0 spiro atoms. The summed E-state index contributed by atoms with van der Waals surface area (Å²) < 4.78 is 0. The van der Waals surface area contributed by atoms with Crippen molar-refractivity contribution < 1.29 is 0 Å². The lowest BCUT2D eigenvalue weighted by Crippen LogP contribution is -2.52. The molecule has 90 valence electrons. The van der Waals surface area contributed by atoms with Gasteiger partial charge in [-0.1, -0.05) is 6.07 Å². The highest BCUT2D eigenvalue weighted by Gasteiger charge is 2.42. The Labute approximate surface area is 102 Å². The van der Waals surface area contributed by atoms with Gasteiger partial charge in [-0.25, -0.2) is 0 Å². The highest BCUT2D eigenvalue weighted by atomic mass is 32.1. The first kappa shape index (κ1) is 12.1. The summed E-state index contributed by atoms with van der Waals surface area (Å²) >= 11 is 1.85. The van der Waals surface area contributed by atoms with Crippen LogP contribution in [0.15, 0.2) is 17.5 Å². The molecule has 1 heterocycles. The normalized spacial score (nSPS) is 20.0. The summed E-state index contributed by atoms with van der Waals surface area (Å²) in [6.07, 6.45) is 3.87. The molecular formula is C13H22N2S. The molecule has 0 bridgehead atoms. The van der Waals surface area contributed by atoms with Gasteiger partial charge in [0.2, 0.25) is 0 Å². The van der Waals surface area contributed by atoms with Crippen LogP contribution in [0.2, 0.25) is 0 Å². The number of nitrogens with two attached hydrogens (primary N) is 1. The summed E-state index contributed by atoms with van der Waals surface area (Å²) in [6.45, 7) is 4.21. The van der Waals surface area contributed by atoms with E-state index in [0.717, 1.165) is 25.4 Å². The molecule has 16 heavy (non-hydrogen) atoms. The maximum atomic E-state index is 5.96. The van der Waals surface area contributed by atoms with Crippen molar-refractivity contribution >= 4 is 11.3 Å². The fourth-order valence-electron chi connectivity index (χ4n) is 2.33. The van der Waals surface area contributed by atoms with Gasteiger partial charge in [-0.2, -0.15) is 0 Å². The first-order valence-corrected chi connectivity index (χ1v) is 6.98. The van der Waals surface area contributed by atoms with Crippen LogP contribution in [0.3, 0.4) is 0 Å². The Bertz CT molecular complexity index is 319. The second-order valence-electron chi connectivity index (χ2n) is 5.09. The molecule has 0 aromatic carbocycles. The van der Waals surface area contributed by atoms with E-state index >= 15 is 0 Å². The van der Waals surface area contributed by atoms with E-state index in [-0.39, 0.29) is 5.54 Å². The molecule has 1 fully saturated rings. The Morgan fingerprint density at radius 3 is 2.81 bits per heavy atom. The summed E-state index contributed by atoms with van der Waals surface area (Å²) in [4.78, 5) is 3.94. The molecule has 1 aromatic heterocycles. The second kappa shape index (κ2) is 4.86. The standard InChI is InChI=1S/C13H22N2S/c1-13(10-14,11-5-6-11)15(2)8-7-12-4-3-9-16-12/h3-4,9,11H,5-8,10,14H2,1-2H3. The van der Waals surface area contributed by atoms with E-state index in [1.54, 1.807) is 0 Å². The van der Waals surface area contributed by atoms with Gasteiger partial charge >= 0.3 is 0 Å². The molecule has 2 N–H and O–H groups in total. The minimum atomic E-state index is 0.220. The Hall–Kier alpha value is -0.380. The maximum Gasteiger partial charge on any atom is 0.0328 e. The Morgan fingerprint density at radius 2 is 2.31 bits per heavy atom. The van der Waals surface area contributed by atoms with Gasteiger partial charge in [-0.3, -0.25) is 4.90 Å². The summed E-state index contributed by atoms with van der Waals surface area (Å²) in [5.74, 6) is 0.825. The van der Waals surface area contributed by atoms with Gasteiger partial charge < -0.3 is 5.73 Å². The van der Waals surface area contributed by atoms with Crippen molar-refractivity contribution in [2.45, 2.75) is 31.7 Å². The third-order valence-corrected chi connectivity index (χ3v) is 4.95. The summed E-state index contributed by atoms with van der Waals surface area (Å²) in [5.41, 5.74) is 6.18. The van der Waals surface area contributed by atoms with Gasteiger partial charge in [0, 0.05) is 23.5 Å². The first-order chi connectivity index (χ1) is 7.66. The van der Waals surface area contributed by atoms with E-state index in [0.29, 0.717) is 0 Å².